The number of hydrogen-bond donors (Lipinski definition) is 2. The maximum atomic E-state index is 9.62. The fourth-order valence-electron chi connectivity index (χ4n) is 3.80. The van der Waals surface area contributed by atoms with Gasteiger partial charge in [-0.05, 0) is 18.4 Å². The molecule has 0 aromatic heterocycles. The summed E-state index contributed by atoms with van der Waals surface area (Å²) < 4.78 is 18.7. The van der Waals surface area contributed by atoms with Crippen LogP contribution in [0, 0.1) is 0 Å². The van der Waals surface area contributed by atoms with Crippen LogP contribution in [0.3, 0.4) is 0 Å². The molecule has 138 valence electrons. The minimum absolute atomic E-state index is 0.00804. The number of aliphatic hydroxyl groups is 1. The van der Waals surface area contributed by atoms with Crippen LogP contribution in [-0.2, 0) is 14.2 Å². The minimum atomic E-state index is -0.521. The predicted octanol–water partition coefficient (Wildman–Crippen LogP) is 2.71. The van der Waals surface area contributed by atoms with Crippen molar-refractivity contribution < 1.29 is 19.3 Å². The molecule has 0 aliphatic carbocycles. The third-order valence-electron chi connectivity index (χ3n) is 5.18. The van der Waals surface area contributed by atoms with Crippen molar-refractivity contribution >= 4 is 0 Å². The third kappa shape index (κ3) is 3.54. The summed E-state index contributed by atoms with van der Waals surface area (Å²) in [5.41, 5.74) is 8.26. The SMILES string of the molecule is NC(CO)C1OC(c2ccccc2)OC2CCC(c3ccccc3)OC21. The quantitative estimate of drug-likeness (QED) is 0.882. The van der Waals surface area contributed by atoms with Crippen molar-refractivity contribution in [2.75, 3.05) is 6.61 Å². The van der Waals surface area contributed by atoms with Gasteiger partial charge in [-0.1, -0.05) is 60.7 Å². The molecule has 2 aromatic carbocycles. The van der Waals surface area contributed by atoms with E-state index in [1.54, 1.807) is 0 Å². The van der Waals surface area contributed by atoms with Gasteiger partial charge in [-0.15, -0.1) is 0 Å². The normalized spacial score (nSPS) is 32.6. The van der Waals surface area contributed by atoms with E-state index in [9.17, 15) is 5.11 Å². The minimum Gasteiger partial charge on any atom is -0.395 e. The van der Waals surface area contributed by atoms with Gasteiger partial charge in [0.25, 0.3) is 0 Å². The molecule has 2 heterocycles. The van der Waals surface area contributed by atoms with Crippen molar-refractivity contribution in [1.29, 1.82) is 0 Å². The summed E-state index contributed by atoms with van der Waals surface area (Å²) in [6.07, 6.45) is 0.436. The van der Waals surface area contributed by atoms with E-state index in [0.717, 1.165) is 24.0 Å². The molecule has 2 aliphatic heterocycles. The van der Waals surface area contributed by atoms with Crippen molar-refractivity contribution in [2.45, 2.75) is 49.6 Å². The molecule has 4 rings (SSSR count). The molecule has 2 aliphatic rings. The number of rotatable bonds is 4. The molecule has 2 aromatic rings. The van der Waals surface area contributed by atoms with Crippen LogP contribution in [0.2, 0.25) is 0 Å². The molecule has 0 saturated carbocycles. The number of aliphatic hydroxyl groups excluding tert-OH is 1. The summed E-state index contributed by atoms with van der Waals surface area (Å²) in [5, 5.41) is 9.62. The molecule has 26 heavy (non-hydrogen) atoms. The van der Waals surface area contributed by atoms with E-state index in [-0.39, 0.29) is 24.9 Å². The Morgan fingerprint density at radius 1 is 0.885 bits per heavy atom. The largest absolute Gasteiger partial charge is 0.395 e. The fourth-order valence-corrected chi connectivity index (χ4v) is 3.80. The van der Waals surface area contributed by atoms with Gasteiger partial charge in [0.15, 0.2) is 6.29 Å². The van der Waals surface area contributed by atoms with E-state index in [2.05, 4.69) is 12.1 Å². The van der Waals surface area contributed by atoms with Gasteiger partial charge < -0.3 is 25.1 Å². The molecule has 6 atom stereocenters. The van der Waals surface area contributed by atoms with Gasteiger partial charge in [0, 0.05) is 5.56 Å². The molecule has 3 N–H and O–H groups in total. The highest BCUT2D eigenvalue weighted by Crippen LogP contribution is 2.41. The molecule has 0 spiro atoms. The number of hydrogen-bond acceptors (Lipinski definition) is 5. The Bertz CT molecular complexity index is 694. The molecule has 5 nitrogen and oxygen atoms in total. The number of nitrogens with two attached hydrogens (primary N) is 1. The van der Waals surface area contributed by atoms with Gasteiger partial charge in [0.1, 0.15) is 12.2 Å². The predicted molar refractivity (Wildman–Crippen MR) is 97.3 cm³/mol. The van der Waals surface area contributed by atoms with Gasteiger partial charge in [0.05, 0.1) is 24.9 Å². The van der Waals surface area contributed by atoms with E-state index < -0.39 is 18.4 Å². The van der Waals surface area contributed by atoms with E-state index in [1.165, 1.54) is 0 Å². The van der Waals surface area contributed by atoms with Gasteiger partial charge in [-0.25, -0.2) is 0 Å². The second kappa shape index (κ2) is 7.86. The molecule has 2 fully saturated rings. The van der Waals surface area contributed by atoms with Gasteiger partial charge >= 0.3 is 0 Å². The molecule has 0 bridgehead atoms. The zero-order valence-electron chi connectivity index (χ0n) is 14.6. The van der Waals surface area contributed by atoms with Crippen molar-refractivity contribution in [3.8, 4) is 0 Å². The van der Waals surface area contributed by atoms with Gasteiger partial charge in [-0.3, -0.25) is 0 Å². The highest BCUT2D eigenvalue weighted by molar-refractivity contribution is 5.19. The van der Waals surface area contributed by atoms with E-state index in [1.807, 2.05) is 48.5 Å². The van der Waals surface area contributed by atoms with Gasteiger partial charge in [-0.2, -0.15) is 0 Å². The average Bonchev–Trinajstić information content (AvgIpc) is 2.73. The molecule has 2 saturated heterocycles. The van der Waals surface area contributed by atoms with Crippen LogP contribution in [0.4, 0.5) is 0 Å². The lowest BCUT2D eigenvalue weighted by atomic mass is 9.90. The summed E-state index contributed by atoms with van der Waals surface area (Å²) in [4.78, 5) is 0. The Hall–Kier alpha value is -1.76. The smallest absolute Gasteiger partial charge is 0.184 e. The summed E-state index contributed by atoms with van der Waals surface area (Å²) in [5.74, 6) is 0. The van der Waals surface area contributed by atoms with Crippen molar-refractivity contribution in [1.82, 2.24) is 0 Å². The third-order valence-corrected chi connectivity index (χ3v) is 5.18. The Morgan fingerprint density at radius 2 is 1.54 bits per heavy atom. The van der Waals surface area contributed by atoms with Crippen LogP contribution in [-0.4, -0.2) is 36.1 Å². The molecule has 0 amide bonds. The average molecular weight is 355 g/mol. The number of fused-ring (bicyclic) bond motifs is 1. The van der Waals surface area contributed by atoms with Crippen LogP contribution in [0.25, 0.3) is 0 Å². The molecule has 0 radical (unpaired) electrons. The van der Waals surface area contributed by atoms with Crippen LogP contribution < -0.4 is 5.73 Å². The summed E-state index contributed by atoms with van der Waals surface area (Å²) in [7, 11) is 0. The van der Waals surface area contributed by atoms with Gasteiger partial charge in [0.2, 0.25) is 0 Å². The lowest BCUT2D eigenvalue weighted by molar-refractivity contribution is -0.322. The highest BCUT2D eigenvalue weighted by atomic mass is 16.7. The molecular formula is C21H25NO4. The zero-order chi connectivity index (χ0) is 17.9. The van der Waals surface area contributed by atoms with Crippen LogP contribution in [0.5, 0.6) is 0 Å². The van der Waals surface area contributed by atoms with Crippen molar-refractivity contribution in [3.05, 3.63) is 71.8 Å². The first kappa shape index (κ1) is 17.6. The van der Waals surface area contributed by atoms with E-state index in [4.69, 9.17) is 19.9 Å². The first-order valence-corrected chi connectivity index (χ1v) is 9.19. The second-order valence-electron chi connectivity index (χ2n) is 6.94. The van der Waals surface area contributed by atoms with E-state index >= 15 is 0 Å². The zero-order valence-corrected chi connectivity index (χ0v) is 14.6. The first-order chi connectivity index (χ1) is 12.8. The standard InChI is InChI=1S/C21H25NO4/c22-16(13-23)19-20-18(25-21(26-19)15-9-5-2-6-10-15)12-11-17(24-20)14-7-3-1-4-8-14/h1-10,16-21,23H,11-13,22H2. The first-order valence-electron chi connectivity index (χ1n) is 9.19. The highest BCUT2D eigenvalue weighted by Gasteiger charge is 2.46. The molecule has 6 unspecified atom stereocenters. The lowest BCUT2D eigenvalue weighted by Crippen LogP contribution is -2.58. The van der Waals surface area contributed by atoms with Crippen LogP contribution in [0.15, 0.2) is 60.7 Å². The Kier molecular flexibility index (Phi) is 5.33. The molecular weight excluding hydrogens is 330 g/mol. The fraction of sp³-hybridized carbons (Fsp3) is 0.429. The lowest BCUT2D eigenvalue weighted by Gasteiger charge is -2.47. The molecule has 5 heteroatoms. The summed E-state index contributed by atoms with van der Waals surface area (Å²) >= 11 is 0. The van der Waals surface area contributed by atoms with Crippen LogP contribution >= 0.6 is 0 Å². The van der Waals surface area contributed by atoms with E-state index in [0.29, 0.717) is 0 Å². The second-order valence-corrected chi connectivity index (χ2v) is 6.94. The Labute approximate surface area is 153 Å². The maximum Gasteiger partial charge on any atom is 0.184 e. The number of benzene rings is 2. The Balaban J connectivity index is 1.56. The number of ether oxygens (including phenoxy) is 3. The van der Waals surface area contributed by atoms with Crippen LogP contribution in [0.1, 0.15) is 36.4 Å². The summed E-state index contributed by atoms with van der Waals surface area (Å²) in [6.45, 7) is -0.158. The van der Waals surface area contributed by atoms with Crippen molar-refractivity contribution in [2.24, 2.45) is 5.73 Å². The topological polar surface area (TPSA) is 73.9 Å². The van der Waals surface area contributed by atoms with Crippen molar-refractivity contribution in [3.63, 3.8) is 0 Å². The Morgan fingerprint density at radius 3 is 2.19 bits per heavy atom. The monoisotopic (exact) mass is 355 g/mol. The summed E-state index contributed by atoms with van der Waals surface area (Å²) in [6, 6.07) is 19.5. The maximum absolute atomic E-state index is 9.62.